The van der Waals surface area contributed by atoms with Gasteiger partial charge < -0.3 is 5.11 Å². The zero-order valence-electron chi connectivity index (χ0n) is 11.9. The van der Waals surface area contributed by atoms with Crippen LogP contribution in [0, 0.1) is 12.8 Å². The molecule has 0 radical (unpaired) electrons. The predicted octanol–water partition coefficient (Wildman–Crippen LogP) is 2.52. The Bertz CT molecular complexity index is 659. The Kier molecular flexibility index (Phi) is 4.60. The molecule has 0 aromatic heterocycles. The monoisotopic (exact) mass is 331 g/mol. The van der Waals surface area contributed by atoms with Gasteiger partial charge in [0.15, 0.2) is 0 Å². The van der Waals surface area contributed by atoms with Gasteiger partial charge in [-0.05, 0) is 38.3 Å². The fourth-order valence-corrected chi connectivity index (χ4v) is 4.99. The molecule has 1 saturated heterocycles. The first-order valence-corrected chi connectivity index (χ1v) is 8.58. The molecule has 116 valence electrons. The van der Waals surface area contributed by atoms with E-state index in [0.717, 1.165) is 0 Å². The van der Waals surface area contributed by atoms with Crippen LogP contribution in [0.4, 0.5) is 0 Å². The molecule has 0 bridgehead atoms. The number of rotatable bonds is 3. The predicted molar refractivity (Wildman–Crippen MR) is 79.9 cm³/mol. The number of hydrogen-bond donors (Lipinski definition) is 1. The SMILES string of the molecule is Cc1cccc(S(=O)(=O)N2CCC[C@@H](C(=O)O)[C@H]2C)c1Cl. The maximum absolute atomic E-state index is 12.8. The van der Waals surface area contributed by atoms with E-state index in [1.165, 1.54) is 10.4 Å². The summed E-state index contributed by atoms with van der Waals surface area (Å²) in [7, 11) is -3.79. The number of carboxylic acid groups (broad SMARTS) is 1. The minimum atomic E-state index is -3.79. The van der Waals surface area contributed by atoms with Crippen molar-refractivity contribution in [2.24, 2.45) is 5.92 Å². The molecule has 0 unspecified atom stereocenters. The van der Waals surface area contributed by atoms with E-state index in [1.807, 2.05) is 0 Å². The van der Waals surface area contributed by atoms with Crippen LogP contribution in [0.15, 0.2) is 23.1 Å². The Hall–Kier alpha value is -1.11. The minimum absolute atomic E-state index is 0.0436. The van der Waals surface area contributed by atoms with Gasteiger partial charge in [-0.2, -0.15) is 4.31 Å². The Balaban J connectivity index is 2.43. The molecule has 0 spiro atoms. The smallest absolute Gasteiger partial charge is 0.308 e. The molecule has 1 aliphatic heterocycles. The van der Waals surface area contributed by atoms with Crippen molar-refractivity contribution in [3.8, 4) is 0 Å². The molecule has 0 saturated carbocycles. The summed E-state index contributed by atoms with van der Waals surface area (Å²) in [5, 5.41) is 9.41. The maximum atomic E-state index is 12.8. The van der Waals surface area contributed by atoms with Gasteiger partial charge in [0, 0.05) is 12.6 Å². The van der Waals surface area contributed by atoms with Crippen LogP contribution in [-0.4, -0.2) is 36.4 Å². The molecule has 0 aliphatic carbocycles. The first kappa shape index (κ1) is 16.3. The van der Waals surface area contributed by atoms with Gasteiger partial charge in [-0.25, -0.2) is 8.42 Å². The summed E-state index contributed by atoms with van der Waals surface area (Å²) in [5.41, 5.74) is 0.678. The van der Waals surface area contributed by atoms with E-state index < -0.39 is 28.0 Å². The fraction of sp³-hybridized carbons (Fsp3) is 0.500. The molecule has 7 heteroatoms. The van der Waals surface area contributed by atoms with Crippen LogP contribution in [0.1, 0.15) is 25.3 Å². The van der Waals surface area contributed by atoms with Crippen LogP contribution in [0.25, 0.3) is 0 Å². The van der Waals surface area contributed by atoms with E-state index in [1.54, 1.807) is 26.0 Å². The molecule has 21 heavy (non-hydrogen) atoms. The van der Waals surface area contributed by atoms with Gasteiger partial charge in [0.05, 0.1) is 10.9 Å². The number of benzene rings is 1. The van der Waals surface area contributed by atoms with E-state index in [4.69, 9.17) is 11.6 Å². The molecular weight excluding hydrogens is 314 g/mol. The molecule has 5 nitrogen and oxygen atoms in total. The Morgan fingerprint density at radius 1 is 1.43 bits per heavy atom. The number of sulfonamides is 1. The van der Waals surface area contributed by atoms with E-state index in [-0.39, 0.29) is 9.92 Å². The zero-order chi connectivity index (χ0) is 15.8. The van der Waals surface area contributed by atoms with Gasteiger partial charge in [0.25, 0.3) is 0 Å². The van der Waals surface area contributed by atoms with E-state index in [2.05, 4.69) is 0 Å². The van der Waals surface area contributed by atoms with Crippen LogP contribution in [0.5, 0.6) is 0 Å². The molecule has 1 aromatic carbocycles. The Labute approximate surface area is 129 Å². The van der Waals surface area contributed by atoms with E-state index in [9.17, 15) is 18.3 Å². The van der Waals surface area contributed by atoms with Crippen LogP contribution in [0.3, 0.4) is 0 Å². The third kappa shape index (κ3) is 2.93. The van der Waals surface area contributed by atoms with Gasteiger partial charge in [-0.1, -0.05) is 23.7 Å². The van der Waals surface area contributed by atoms with Crippen molar-refractivity contribution in [3.63, 3.8) is 0 Å². The summed E-state index contributed by atoms with van der Waals surface area (Å²) < 4.78 is 26.8. The van der Waals surface area contributed by atoms with Crippen molar-refractivity contribution in [1.29, 1.82) is 0 Å². The second-order valence-electron chi connectivity index (χ2n) is 5.33. The van der Waals surface area contributed by atoms with Crippen LogP contribution >= 0.6 is 11.6 Å². The highest BCUT2D eigenvalue weighted by Gasteiger charge is 2.40. The summed E-state index contributed by atoms with van der Waals surface area (Å²) in [4.78, 5) is 11.3. The number of nitrogens with zero attached hydrogens (tertiary/aromatic N) is 1. The third-order valence-corrected chi connectivity index (χ3v) is 6.63. The Morgan fingerprint density at radius 3 is 2.71 bits per heavy atom. The highest BCUT2D eigenvalue weighted by Crippen LogP contribution is 2.33. The lowest BCUT2D eigenvalue weighted by Gasteiger charge is -2.36. The first-order chi connectivity index (χ1) is 9.76. The highest BCUT2D eigenvalue weighted by molar-refractivity contribution is 7.89. The number of hydrogen-bond acceptors (Lipinski definition) is 3. The Morgan fingerprint density at radius 2 is 2.10 bits per heavy atom. The molecule has 0 amide bonds. The lowest BCUT2D eigenvalue weighted by molar-refractivity contribution is -0.144. The molecule has 1 aromatic rings. The summed E-state index contributed by atoms with van der Waals surface area (Å²) in [6.45, 7) is 3.69. The second-order valence-corrected chi connectivity index (χ2v) is 7.57. The largest absolute Gasteiger partial charge is 0.481 e. The topological polar surface area (TPSA) is 74.7 Å². The maximum Gasteiger partial charge on any atom is 0.308 e. The molecule has 2 rings (SSSR count). The van der Waals surface area contributed by atoms with Gasteiger partial charge in [-0.3, -0.25) is 4.79 Å². The van der Waals surface area contributed by atoms with Gasteiger partial charge in [0.1, 0.15) is 4.90 Å². The molecule has 1 aliphatic rings. The summed E-state index contributed by atoms with van der Waals surface area (Å²) in [5.74, 6) is -1.64. The lowest BCUT2D eigenvalue weighted by Crippen LogP contribution is -2.49. The summed E-state index contributed by atoms with van der Waals surface area (Å²) >= 11 is 6.12. The second kappa shape index (κ2) is 5.94. The highest BCUT2D eigenvalue weighted by atomic mass is 35.5. The quantitative estimate of drug-likeness (QED) is 0.923. The third-order valence-electron chi connectivity index (χ3n) is 3.99. The summed E-state index contributed by atoms with van der Waals surface area (Å²) in [6.07, 6.45) is 1.02. The molecule has 2 atom stereocenters. The number of piperidine rings is 1. The van der Waals surface area contributed by atoms with Crippen molar-refractivity contribution in [1.82, 2.24) is 4.31 Å². The van der Waals surface area contributed by atoms with E-state index in [0.29, 0.717) is 24.9 Å². The van der Waals surface area contributed by atoms with Crippen LogP contribution in [-0.2, 0) is 14.8 Å². The minimum Gasteiger partial charge on any atom is -0.481 e. The molecule has 1 fully saturated rings. The van der Waals surface area contributed by atoms with Crippen molar-refractivity contribution >= 4 is 27.6 Å². The lowest BCUT2D eigenvalue weighted by atomic mass is 9.92. The summed E-state index contributed by atoms with van der Waals surface area (Å²) in [6, 6.07) is 4.25. The molecule has 1 heterocycles. The number of aliphatic carboxylic acids is 1. The van der Waals surface area contributed by atoms with Crippen LogP contribution < -0.4 is 0 Å². The van der Waals surface area contributed by atoms with Crippen molar-refractivity contribution in [3.05, 3.63) is 28.8 Å². The fourth-order valence-electron chi connectivity index (χ4n) is 2.73. The van der Waals surface area contributed by atoms with Crippen LogP contribution in [0.2, 0.25) is 5.02 Å². The zero-order valence-corrected chi connectivity index (χ0v) is 13.5. The molecular formula is C14H18ClNO4S. The number of carbonyl (C=O) groups is 1. The van der Waals surface area contributed by atoms with E-state index >= 15 is 0 Å². The number of halogens is 1. The average Bonchev–Trinajstić information content (AvgIpc) is 2.41. The first-order valence-electron chi connectivity index (χ1n) is 6.76. The average molecular weight is 332 g/mol. The number of carboxylic acids is 1. The van der Waals surface area contributed by atoms with Gasteiger partial charge in [-0.15, -0.1) is 0 Å². The standard InChI is InChI=1S/C14H18ClNO4S/c1-9-5-3-7-12(13(9)15)21(19,20)16-8-4-6-11(10(16)2)14(17)18/h3,5,7,10-11H,4,6,8H2,1-2H3,(H,17,18)/t10-,11-/m1/s1. The molecule has 1 N–H and O–H groups in total. The van der Waals surface area contributed by atoms with Gasteiger partial charge >= 0.3 is 5.97 Å². The number of aryl methyl sites for hydroxylation is 1. The van der Waals surface area contributed by atoms with Crippen molar-refractivity contribution in [2.75, 3.05) is 6.54 Å². The van der Waals surface area contributed by atoms with Crippen molar-refractivity contribution in [2.45, 2.75) is 37.6 Å². The van der Waals surface area contributed by atoms with Crippen molar-refractivity contribution < 1.29 is 18.3 Å². The van der Waals surface area contributed by atoms with Gasteiger partial charge in [0.2, 0.25) is 10.0 Å². The normalized spacial score (nSPS) is 24.0.